The Morgan fingerprint density at radius 3 is 2.58 bits per heavy atom. The average molecular weight is 367 g/mol. The Kier molecular flexibility index (Phi) is 6.02. The smallest absolute Gasteiger partial charge is 0.215 e. The first kappa shape index (κ1) is 17.6. The molecule has 5 nitrogen and oxygen atoms in total. The molecule has 0 bridgehead atoms. The summed E-state index contributed by atoms with van der Waals surface area (Å²) in [6.07, 6.45) is 0. The Labute approximate surface area is 147 Å². The van der Waals surface area contributed by atoms with Crippen molar-refractivity contribution in [2.75, 3.05) is 32.8 Å². The van der Waals surface area contributed by atoms with E-state index in [1.165, 1.54) is 0 Å². The molecule has 1 aromatic carbocycles. The van der Waals surface area contributed by atoms with Crippen molar-refractivity contribution in [1.82, 2.24) is 9.62 Å². The van der Waals surface area contributed by atoms with Gasteiger partial charge >= 0.3 is 0 Å². The van der Waals surface area contributed by atoms with Crippen molar-refractivity contribution in [3.05, 3.63) is 58.3 Å². The van der Waals surface area contributed by atoms with Crippen molar-refractivity contribution in [3.63, 3.8) is 0 Å². The van der Waals surface area contributed by atoms with Gasteiger partial charge in [-0.05, 0) is 28.0 Å². The van der Waals surface area contributed by atoms with Gasteiger partial charge in [0.05, 0.1) is 19.0 Å². The maximum atomic E-state index is 12.4. The standard InChI is InChI=1S/C17H22N2O3S2/c20-24(21,14-15-4-2-1-3-5-15)18-12-17(16-6-11-23-13-16)19-7-9-22-10-8-19/h1-6,11,13,17-18H,7-10,12,14H2/t17-/m0/s1. The summed E-state index contributed by atoms with van der Waals surface area (Å²) in [4.78, 5) is 2.29. The minimum Gasteiger partial charge on any atom is -0.379 e. The number of hydrogen-bond acceptors (Lipinski definition) is 5. The zero-order valence-corrected chi connectivity index (χ0v) is 15.1. The van der Waals surface area contributed by atoms with Gasteiger partial charge in [-0.2, -0.15) is 11.3 Å². The minimum absolute atomic E-state index is 0.00725. The monoisotopic (exact) mass is 366 g/mol. The van der Waals surface area contributed by atoms with Gasteiger partial charge in [-0.1, -0.05) is 30.3 Å². The summed E-state index contributed by atoms with van der Waals surface area (Å²) in [5.41, 5.74) is 1.95. The second kappa shape index (κ2) is 8.22. The number of benzene rings is 1. The van der Waals surface area contributed by atoms with E-state index >= 15 is 0 Å². The molecule has 2 heterocycles. The maximum absolute atomic E-state index is 12.4. The summed E-state index contributed by atoms with van der Waals surface area (Å²) >= 11 is 1.63. The predicted molar refractivity (Wildman–Crippen MR) is 96.5 cm³/mol. The lowest BCUT2D eigenvalue weighted by Crippen LogP contribution is -2.43. The molecule has 0 amide bonds. The lowest BCUT2D eigenvalue weighted by atomic mass is 10.1. The second-order valence-electron chi connectivity index (χ2n) is 5.81. The highest BCUT2D eigenvalue weighted by molar-refractivity contribution is 7.88. The molecule has 1 N–H and O–H groups in total. The highest BCUT2D eigenvalue weighted by atomic mass is 32.2. The second-order valence-corrected chi connectivity index (χ2v) is 8.40. The Morgan fingerprint density at radius 1 is 1.17 bits per heavy atom. The number of sulfonamides is 1. The van der Waals surface area contributed by atoms with Crippen LogP contribution >= 0.6 is 11.3 Å². The fraction of sp³-hybridized carbons (Fsp3) is 0.412. The molecule has 0 spiro atoms. The SMILES string of the molecule is O=S(=O)(Cc1ccccc1)NC[C@@H](c1ccsc1)N1CCOCC1. The van der Waals surface area contributed by atoms with E-state index in [2.05, 4.69) is 21.1 Å². The molecule has 1 saturated heterocycles. The Hall–Kier alpha value is -1.25. The number of rotatable bonds is 7. The van der Waals surface area contributed by atoms with Crippen LogP contribution in [0, 0.1) is 0 Å². The molecule has 1 aromatic heterocycles. The summed E-state index contributed by atoms with van der Waals surface area (Å²) in [7, 11) is -3.36. The van der Waals surface area contributed by atoms with Crippen molar-refractivity contribution in [2.24, 2.45) is 0 Å². The van der Waals surface area contributed by atoms with Crippen LogP contribution in [0.1, 0.15) is 17.2 Å². The highest BCUT2D eigenvalue weighted by Crippen LogP contribution is 2.23. The fourth-order valence-electron chi connectivity index (χ4n) is 2.86. The molecule has 0 saturated carbocycles. The van der Waals surface area contributed by atoms with Gasteiger partial charge < -0.3 is 4.74 Å². The molecule has 1 aliphatic heterocycles. The van der Waals surface area contributed by atoms with Crippen LogP contribution in [0.2, 0.25) is 0 Å². The molecule has 1 atom stereocenters. The number of thiophene rings is 1. The van der Waals surface area contributed by atoms with Gasteiger partial charge in [0.2, 0.25) is 10.0 Å². The third kappa shape index (κ3) is 4.87. The van der Waals surface area contributed by atoms with E-state index in [1.807, 2.05) is 35.7 Å². The van der Waals surface area contributed by atoms with E-state index in [9.17, 15) is 8.42 Å². The van der Waals surface area contributed by atoms with Gasteiger partial charge in [-0.25, -0.2) is 13.1 Å². The van der Waals surface area contributed by atoms with Crippen molar-refractivity contribution in [1.29, 1.82) is 0 Å². The fourth-order valence-corrected chi connectivity index (χ4v) is 4.71. The number of nitrogens with one attached hydrogen (secondary N) is 1. The molecule has 1 aliphatic rings. The zero-order chi connectivity index (χ0) is 16.8. The number of ether oxygens (including phenoxy) is 1. The predicted octanol–water partition coefficient (Wildman–Crippen LogP) is 2.24. The summed E-state index contributed by atoms with van der Waals surface area (Å²) in [5, 5.41) is 4.12. The highest BCUT2D eigenvalue weighted by Gasteiger charge is 2.24. The molecule has 0 aliphatic carbocycles. The van der Waals surface area contributed by atoms with Crippen molar-refractivity contribution in [2.45, 2.75) is 11.8 Å². The molecule has 0 radical (unpaired) electrons. The van der Waals surface area contributed by atoms with Crippen LogP contribution in [0.3, 0.4) is 0 Å². The molecule has 7 heteroatoms. The first-order valence-electron chi connectivity index (χ1n) is 7.99. The molecular formula is C17H22N2O3S2. The van der Waals surface area contributed by atoms with Crippen LogP contribution in [0.25, 0.3) is 0 Å². The van der Waals surface area contributed by atoms with Crippen LogP contribution in [-0.2, 0) is 20.5 Å². The lowest BCUT2D eigenvalue weighted by Gasteiger charge is -2.34. The van der Waals surface area contributed by atoms with Crippen LogP contribution in [0.5, 0.6) is 0 Å². The quantitative estimate of drug-likeness (QED) is 0.816. The lowest BCUT2D eigenvalue weighted by molar-refractivity contribution is 0.0173. The van der Waals surface area contributed by atoms with E-state index in [0.717, 1.165) is 24.2 Å². The van der Waals surface area contributed by atoms with Crippen molar-refractivity contribution in [3.8, 4) is 0 Å². The van der Waals surface area contributed by atoms with E-state index < -0.39 is 10.0 Å². The Morgan fingerprint density at radius 2 is 1.92 bits per heavy atom. The van der Waals surface area contributed by atoms with Gasteiger partial charge in [0.15, 0.2) is 0 Å². The van der Waals surface area contributed by atoms with Gasteiger partial charge in [-0.3, -0.25) is 4.90 Å². The van der Waals surface area contributed by atoms with Crippen LogP contribution < -0.4 is 4.72 Å². The van der Waals surface area contributed by atoms with Gasteiger partial charge in [0.1, 0.15) is 0 Å². The molecule has 3 rings (SSSR count). The number of nitrogens with zero attached hydrogens (tertiary/aromatic N) is 1. The first-order chi connectivity index (χ1) is 11.6. The Balaban J connectivity index is 1.66. The van der Waals surface area contributed by atoms with Gasteiger partial charge in [0, 0.05) is 25.7 Å². The number of hydrogen-bond donors (Lipinski definition) is 1. The minimum atomic E-state index is -3.36. The van der Waals surface area contributed by atoms with Crippen LogP contribution in [0.15, 0.2) is 47.2 Å². The van der Waals surface area contributed by atoms with E-state index in [0.29, 0.717) is 19.8 Å². The number of morpholine rings is 1. The Bertz CT molecular complexity index is 712. The molecule has 0 unspecified atom stereocenters. The first-order valence-corrected chi connectivity index (χ1v) is 10.6. The largest absolute Gasteiger partial charge is 0.379 e. The topological polar surface area (TPSA) is 58.6 Å². The molecule has 130 valence electrons. The summed E-state index contributed by atoms with van der Waals surface area (Å²) < 4.78 is 33.0. The summed E-state index contributed by atoms with van der Waals surface area (Å²) in [5.74, 6) is 0.00725. The molecule has 2 aromatic rings. The van der Waals surface area contributed by atoms with Crippen molar-refractivity contribution < 1.29 is 13.2 Å². The maximum Gasteiger partial charge on any atom is 0.215 e. The van der Waals surface area contributed by atoms with Crippen molar-refractivity contribution >= 4 is 21.4 Å². The van der Waals surface area contributed by atoms with Crippen LogP contribution in [-0.4, -0.2) is 46.2 Å². The van der Waals surface area contributed by atoms with Crippen LogP contribution in [0.4, 0.5) is 0 Å². The normalized spacial score (nSPS) is 17.7. The zero-order valence-electron chi connectivity index (χ0n) is 13.4. The molecule has 24 heavy (non-hydrogen) atoms. The summed E-state index contributed by atoms with van der Waals surface area (Å²) in [6, 6.07) is 11.4. The molecular weight excluding hydrogens is 344 g/mol. The van der Waals surface area contributed by atoms with Gasteiger partial charge in [0.25, 0.3) is 0 Å². The van der Waals surface area contributed by atoms with Gasteiger partial charge in [-0.15, -0.1) is 0 Å². The summed E-state index contributed by atoms with van der Waals surface area (Å²) in [6.45, 7) is 3.41. The van der Waals surface area contributed by atoms with E-state index in [4.69, 9.17) is 4.74 Å². The van der Waals surface area contributed by atoms with E-state index in [-0.39, 0.29) is 11.8 Å². The third-order valence-corrected chi connectivity index (χ3v) is 6.13. The van der Waals surface area contributed by atoms with E-state index in [1.54, 1.807) is 11.3 Å². The average Bonchev–Trinajstić information content (AvgIpc) is 3.11. The third-order valence-electron chi connectivity index (χ3n) is 4.11. The molecule has 1 fully saturated rings.